The number of nitrogens with one attached hydrogen (secondary N) is 1. The van der Waals surface area contributed by atoms with E-state index in [1.165, 1.54) is 11.1 Å². The van der Waals surface area contributed by atoms with Crippen LogP contribution in [-0.2, 0) is 0 Å². The second-order valence-electron chi connectivity index (χ2n) is 5.02. The summed E-state index contributed by atoms with van der Waals surface area (Å²) in [6.45, 7) is 7.84. The standard InChI is InChI=1S/C14H21NO/c1-9(2)11-5-6-13(16-4)12(7-11)14-10(3)8-15-14/h5-7,9-10,14-15H,8H2,1-4H3. The molecule has 0 aromatic heterocycles. The van der Waals surface area contributed by atoms with E-state index >= 15 is 0 Å². The molecule has 2 unspecified atom stereocenters. The lowest BCUT2D eigenvalue weighted by Crippen LogP contribution is -2.44. The van der Waals surface area contributed by atoms with Crippen molar-refractivity contribution in [1.82, 2.24) is 5.32 Å². The van der Waals surface area contributed by atoms with Gasteiger partial charge in [0.25, 0.3) is 0 Å². The Bertz CT molecular complexity index is 373. The van der Waals surface area contributed by atoms with Gasteiger partial charge in [0.2, 0.25) is 0 Å². The first kappa shape index (κ1) is 11.5. The summed E-state index contributed by atoms with van der Waals surface area (Å²) in [7, 11) is 1.75. The van der Waals surface area contributed by atoms with E-state index in [0.29, 0.717) is 17.9 Å². The molecule has 2 atom stereocenters. The van der Waals surface area contributed by atoms with Gasteiger partial charge in [-0.3, -0.25) is 0 Å². The number of methoxy groups -OCH3 is 1. The van der Waals surface area contributed by atoms with E-state index in [9.17, 15) is 0 Å². The predicted molar refractivity (Wildman–Crippen MR) is 67.0 cm³/mol. The van der Waals surface area contributed by atoms with Crippen molar-refractivity contribution in [2.75, 3.05) is 13.7 Å². The maximum absolute atomic E-state index is 5.45. The van der Waals surface area contributed by atoms with Crippen LogP contribution >= 0.6 is 0 Å². The minimum Gasteiger partial charge on any atom is -0.496 e. The number of rotatable bonds is 3. The van der Waals surface area contributed by atoms with Crippen molar-refractivity contribution in [2.45, 2.75) is 32.7 Å². The molecular weight excluding hydrogens is 198 g/mol. The summed E-state index contributed by atoms with van der Waals surface area (Å²) in [5.74, 6) is 2.28. The van der Waals surface area contributed by atoms with Crippen LogP contribution in [0.25, 0.3) is 0 Å². The molecule has 2 heteroatoms. The molecule has 1 aliphatic heterocycles. The van der Waals surface area contributed by atoms with E-state index in [1.807, 2.05) is 0 Å². The average molecular weight is 219 g/mol. The summed E-state index contributed by atoms with van der Waals surface area (Å²) in [4.78, 5) is 0. The quantitative estimate of drug-likeness (QED) is 0.843. The lowest BCUT2D eigenvalue weighted by Gasteiger charge is -2.37. The van der Waals surface area contributed by atoms with Crippen LogP contribution in [0, 0.1) is 5.92 Å². The van der Waals surface area contributed by atoms with Crippen molar-refractivity contribution in [3.63, 3.8) is 0 Å². The maximum Gasteiger partial charge on any atom is 0.123 e. The summed E-state index contributed by atoms with van der Waals surface area (Å²) in [6.07, 6.45) is 0. The molecule has 0 radical (unpaired) electrons. The van der Waals surface area contributed by atoms with E-state index in [0.717, 1.165) is 12.3 Å². The Morgan fingerprint density at radius 1 is 1.38 bits per heavy atom. The Morgan fingerprint density at radius 2 is 2.12 bits per heavy atom. The molecule has 1 heterocycles. The van der Waals surface area contributed by atoms with E-state index in [4.69, 9.17) is 4.74 Å². The van der Waals surface area contributed by atoms with Gasteiger partial charge in [0.05, 0.1) is 7.11 Å². The van der Waals surface area contributed by atoms with Crippen molar-refractivity contribution in [3.05, 3.63) is 29.3 Å². The summed E-state index contributed by atoms with van der Waals surface area (Å²) < 4.78 is 5.45. The maximum atomic E-state index is 5.45. The van der Waals surface area contributed by atoms with Gasteiger partial charge in [0, 0.05) is 18.2 Å². The van der Waals surface area contributed by atoms with E-state index < -0.39 is 0 Å². The molecular formula is C14H21NO. The number of benzene rings is 1. The van der Waals surface area contributed by atoms with Gasteiger partial charge in [-0.15, -0.1) is 0 Å². The monoisotopic (exact) mass is 219 g/mol. The molecule has 1 N–H and O–H groups in total. The minimum atomic E-state index is 0.466. The lowest BCUT2D eigenvalue weighted by atomic mass is 9.85. The average Bonchev–Trinajstić information content (AvgIpc) is 2.27. The second kappa shape index (κ2) is 4.46. The molecule has 1 fully saturated rings. The van der Waals surface area contributed by atoms with Crippen molar-refractivity contribution in [2.24, 2.45) is 5.92 Å². The van der Waals surface area contributed by atoms with Crippen molar-refractivity contribution < 1.29 is 4.74 Å². The van der Waals surface area contributed by atoms with Gasteiger partial charge >= 0.3 is 0 Å². The van der Waals surface area contributed by atoms with Crippen LogP contribution in [0.5, 0.6) is 5.75 Å². The molecule has 1 aromatic carbocycles. The third-order valence-corrected chi connectivity index (χ3v) is 3.48. The molecule has 0 bridgehead atoms. The third kappa shape index (κ3) is 1.94. The summed E-state index contributed by atoms with van der Waals surface area (Å²) in [5, 5.41) is 3.47. The van der Waals surface area contributed by atoms with Gasteiger partial charge in [-0.25, -0.2) is 0 Å². The van der Waals surface area contributed by atoms with Crippen molar-refractivity contribution >= 4 is 0 Å². The molecule has 1 aromatic rings. The van der Waals surface area contributed by atoms with Gasteiger partial charge < -0.3 is 10.1 Å². The zero-order chi connectivity index (χ0) is 11.7. The van der Waals surface area contributed by atoms with Crippen molar-refractivity contribution in [1.29, 1.82) is 0 Å². The first-order chi connectivity index (χ1) is 7.63. The molecule has 88 valence electrons. The van der Waals surface area contributed by atoms with Crippen LogP contribution in [0.4, 0.5) is 0 Å². The zero-order valence-electron chi connectivity index (χ0n) is 10.6. The molecule has 0 aliphatic carbocycles. The van der Waals surface area contributed by atoms with Crippen LogP contribution in [0.1, 0.15) is 43.9 Å². The minimum absolute atomic E-state index is 0.466. The Balaban J connectivity index is 2.35. The van der Waals surface area contributed by atoms with Crippen LogP contribution < -0.4 is 10.1 Å². The van der Waals surface area contributed by atoms with Gasteiger partial charge in [-0.05, 0) is 23.5 Å². The Morgan fingerprint density at radius 3 is 2.56 bits per heavy atom. The molecule has 0 spiro atoms. The fourth-order valence-corrected chi connectivity index (χ4v) is 2.24. The Hall–Kier alpha value is -1.02. The normalized spacial score (nSPS) is 24.3. The van der Waals surface area contributed by atoms with Crippen LogP contribution in [0.15, 0.2) is 18.2 Å². The number of ether oxygens (including phenoxy) is 1. The largest absolute Gasteiger partial charge is 0.496 e. The first-order valence-electron chi connectivity index (χ1n) is 6.04. The lowest BCUT2D eigenvalue weighted by molar-refractivity contribution is 0.250. The van der Waals surface area contributed by atoms with Crippen molar-refractivity contribution in [3.8, 4) is 5.75 Å². The topological polar surface area (TPSA) is 21.3 Å². The fourth-order valence-electron chi connectivity index (χ4n) is 2.24. The van der Waals surface area contributed by atoms with Crippen LogP contribution in [0.2, 0.25) is 0 Å². The van der Waals surface area contributed by atoms with E-state index in [1.54, 1.807) is 7.11 Å². The Kier molecular flexibility index (Phi) is 3.20. The molecule has 1 saturated heterocycles. The number of hydrogen-bond acceptors (Lipinski definition) is 2. The highest BCUT2D eigenvalue weighted by Gasteiger charge is 2.30. The highest BCUT2D eigenvalue weighted by atomic mass is 16.5. The van der Waals surface area contributed by atoms with Gasteiger partial charge in [-0.2, -0.15) is 0 Å². The SMILES string of the molecule is COc1ccc(C(C)C)cc1C1NCC1C. The van der Waals surface area contributed by atoms with Crippen LogP contribution in [-0.4, -0.2) is 13.7 Å². The Labute approximate surface area is 98.0 Å². The van der Waals surface area contributed by atoms with Gasteiger partial charge in [0.15, 0.2) is 0 Å². The highest BCUT2D eigenvalue weighted by molar-refractivity contribution is 5.41. The highest BCUT2D eigenvalue weighted by Crippen LogP contribution is 2.36. The summed E-state index contributed by atoms with van der Waals surface area (Å²) >= 11 is 0. The van der Waals surface area contributed by atoms with Gasteiger partial charge in [0.1, 0.15) is 5.75 Å². The van der Waals surface area contributed by atoms with Gasteiger partial charge in [-0.1, -0.05) is 32.9 Å². The molecule has 2 rings (SSSR count). The number of hydrogen-bond donors (Lipinski definition) is 1. The summed E-state index contributed by atoms with van der Waals surface area (Å²) in [6, 6.07) is 7.01. The van der Waals surface area contributed by atoms with E-state index in [-0.39, 0.29) is 0 Å². The summed E-state index contributed by atoms with van der Waals surface area (Å²) in [5.41, 5.74) is 2.70. The molecule has 16 heavy (non-hydrogen) atoms. The molecule has 1 aliphatic rings. The van der Waals surface area contributed by atoms with E-state index in [2.05, 4.69) is 44.3 Å². The van der Waals surface area contributed by atoms with Crippen LogP contribution in [0.3, 0.4) is 0 Å². The molecule has 2 nitrogen and oxygen atoms in total. The molecule has 0 amide bonds. The second-order valence-corrected chi connectivity index (χ2v) is 5.02. The molecule has 0 saturated carbocycles. The zero-order valence-corrected chi connectivity index (χ0v) is 10.6. The predicted octanol–water partition coefficient (Wildman–Crippen LogP) is 3.10. The smallest absolute Gasteiger partial charge is 0.123 e. The third-order valence-electron chi connectivity index (χ3n) is 3.48. The first-order valence-corrected chi connectivity index (χ1v) is 6.04. The fraction of sp³-hybridized carbons (Fsp3) is 0.571.